The molecule has 0 aromatic rings. The Balaban J connectivity index is 4.22. The maximum Gasteiger partial charge on any atom is 0.0728 e. The molecule has 2 nitrogen and oxygen atoms in total. The van der Waals surface area contributed by atoms with Gasteiger partial charge in [0.15, 0.2) is 0 Å². The molecule has 0 aromatic carbocycles. The van der Waals surface area contributed by atoms with Crippen LogP contribution in [-0.4, -0.2) is 12.1 Å². The summed E-state index contributed by atoms with van der Waals surface area (Å²) in [6.07, 6.45) is 2.19. The van der Waals surface area contributed by atoms with E-state index in [1.165, 1.54) is 0 Å². The summed E-state index contributed by atoms with van der Waals surface area (Å²) >= 11 is 0. The second-order valence-corrected chi connectivity index (χ2v) is 4.67. The quantitative estimate of drug-likeness (QED) is 0.568. The van der Waals surface area contributed by atoms with Gasteiger partial charge in [0.1, 0.15) is 0 Å². The summed E-state index contributed by atoms with van der Waals surface area (Å²) in [5.41, 5.74) is 0. The standard InChI is InChI=1S/C12H26N2/c1-7-11(9(3)4)13-14-12(8-2)10(5)6/h9-12H,7-8H2,1-6H3/b14-13+. The topological polar surface area (TPSA) is 24.7 Å². The van der Waals surface area contributed by atoms with E-state index < -0.39 is 0 Å². The largest absolute Gasteiger partial charge is 0.190 e. The van der Waals surface area contributed by atoms with Crippen LogP contribution in [0.25, 0.3) is 0 Å². The van der Waals surface area contributed by atoms with Crippen LogP contribution in [-0.2, 0) is 0 Å². The van der Waals surface area contributed by atoms with Crippen molar-refractivity contribution in [1.29, 1.82) is 0 Å². The van der Waals surface area contributed by atoms with E-state index in [9.17, 15) is 0 Å². The number of hydrogen-bond acceptors (Lipinski definition) is 2. The van der Waals surface area contributed by atoms with Crippen molar-refractivity contribution >= 4 is 0 Å². The Morgan fingerprint density at radius 1 is 0.714 bits per heavy atom. The van der Waals surface area contributed by atoms with E-state index >= 15 is 0 Å². The first-order chi connectivity index (χ1) is 6.52. The highest BCUT2D eigenvalue weighted by Gasteiger charge is 2.12. The Hall–Kier alpha value is -0.400. The van der Waals surface area contributed by atoms with E-state index in [0.717, 1.165) is 12.8 Å². The van der Waals surface area contributed by atoms with Crippen LogP contribution < -0.4 is 0 Å². The second kappa shape index (κ2) is 6.97. The third kappa shape index (κ3) is 4.73. The van der Waals surface area contributed by atoms with E-state index in [1.807, 2.05) is 0 Å². The van der Waals surface area contributed by atoms with E-state index in [1.54, 1.807) is 0 Å². The number of rotatable bonds is 6. The molecule has 0 aliphatic heterocycles. The van der Waals surface area contributed by atoms with Gasteiger partial charge in [0.2, 0.25) is 0 Å². The molecular weight excluding hydrogens is 172 g/mol. The Kier molecular flexibility index (Phi) is 6.77. The minimum Gasteiger partial charge on any atom is -0.190 e. The van der Waals surface area contributed by atoms with E-state index in [-0.39, 0.29) is 0 Å². The monoisotopic (exact) mass is 198 g/mol. The Bertz CT molecular complexity index is 144. The average Bonchev–Trinajstić information content (AvgIpc) is 2.11. The molecule has 0 saturated carbocycles. The summed E-state index contributed by atoms with van der Waals surface area (Å²) in [7, 11) is 0. The van der Waals surface area contributed by atoms with Gasteiger partial charge in [-0.1, -0.05) is 41.5 Å². The first kappa shape index (κ1) is 13.6. The van der Waals surface area contributed by atoms with Crippen LogP contribution in [0, 0.1) is 11.8 Å². The van der Waals surface area contributed by atoms with Crippen LogP contribution >= 0.6 is 0 Å². The highest BCUT2D eigenvalue weighted by atomic mass is 15.1. The van der Waals surface area contributed by atoms with Gasteiger partial charge in [-0.2, -0.15) is 10.2 Å². The summed E-state index contributed by atoms with van der Waals surface area (Å²) in [5, 5.41) is 8.92. The molecule has 0 saturated heterocycles. The summed E-state index contributed by atoms with van der Waals surface area (Å²) in [6, 6.07) is 0.811. The minimum atomic E-state index is 0.405. The first-order valence-electron chi connectivity index (χ1n) is 5.92. The SMILES string of the molecule is CCC(/N=N/C(CC)C(C)C)C(C)C. The van der Waals surface area contributed by atoms with Crippen LogP contribution in [0.4, 0.5) is 0 Å². The molecule has 0 bridgehead atoms. The van der Waals surface area contributed by atoms with Crippen LogP contribution in [0.1, 0.15) is 54.4 Å². The van der Waals surface area contributed by atoms with Crippen molar-refractivity contribution in [2.45, 2.75) is 66.5 Å². The fourth-order valence-electron chi connectivity index (χ4n) is 1.54. The summed E-state index contributed by atoms with van der Waals surface area (Å²) < 4.78 is 0. The zero-order valence-corrected chi connectivity index (χ0v) is 10.6. The summed E-state index contributed by atoms with van der Waals surface area (Å²) in [6.45, 7) is 13.2. The Labute approximate surface area is 89.2 Å². The van der Waals surface area contributed by atoms with Crippen molar-refractivity contribution in [3.63, 3.8) is 0 Å². The molecule has 84 valence electrons. The van der Waals surface area contributed by atoms with Crippen molar-refractivity contribution in [2.75, 3.05) is 0 Å². The molecule has 0 rings (SSSR count). The van der Waals surface area contributed by atoms with Gasteiger partial charge in [-0.3, -0.25) is 0 Å². The first-order valence-corrected chi connectivity index (χ1v) is 5.92. The normalized spacial score (nSPS) is 16.9. The summed E-state index contributed by atoms with van der Waals surface area (Å²) in [4.78, 5) is 0. The molecule has 0 aliphatic carbocycles. The predicted molar refractivity (Wildman–Crippen MR) is 62.7 cm³/mol. The highest BCUT2D eigenvalue weighted by Crippen LogP contribution is 2.15. The van der Waals surface area contributed by atoms with Gasteiger partial charge in [-0.15, -0.1) is 0 Å². The van der Waals surface area contributed by atoms with Gasteiger partial charge in [0.25, 0.3) is 0 Å². The van der Waals surface area contributed by atoms with Gasteiger partial charge in [-0.25, -0.2) is 0 Å². The van der Waals surface area contributed by atoms with Crippen molar-refractivity contribution in [1.82, 2.24) is 0 Å². The van der Waals surface area contributed by atoms with Gasteiger partial charge in [0, 0.05) is 0 Å². The highest BCUT2D eigenvalue weighted by molar-refractivity contribution is 4.70. The van der Waals surface area contributed by atoms with Gasteiger partial charge in [-0.05, 0) is 24.7 Å². The van der Waals surface area contributed by atoms with Crippen LogP contribution in [0.5, 0.6) is 0 Å². The smallest absolute Gasteiger partial charge is 0.0728 e. The molecule has 14 heavy (non-hydrogen) atoms. The van der Waals surface area contributed by atoms with E-state index in [2.05, 4.69) is 51.8 Å². The van der Waals surface area contributed by atoms with Gasteiger partial charge >= 0.3 is 0 Å². The lowest BCUT2D eigenvalue weighted by molar-refractivity contribution is 0.412. The van der Waals surface area contributed by atoms with Crippen molar-refractivity contribution in [3.05, 3.63) is 0 Å². The molecule has 0 fully saturated rings. The van der Waals surface area contributed by atoms with Gasteiger partial charge in [0.05, 0.1) is 12.1 Å². The van der Waals surface area contributed by atoms with Crippen LogP contribution in [0.2, 0.25) is 0 Å². The lowest BCUT2D eigenvalue weighted by Crippen LogP contribution is -2.15. The molecule has 0 amide bonds. The molecular formula is C12H26N2. The fraction of sp³-hybridized carbons (Fsp3) is 1.00. The Morgan fingerprint density at radius 3 is 1.14 bits per heavy atom. The van der Waals surface area contributed by atoms with Crippen molar-refractivity contribution < 1.29 is 0 Å². The molecule has 0 heterocycles. The summed E-state index contributed by atoms with van der Waals surface area (Å²) in [5.74, 6) is 1.21. The van der Waals surface area contributed by atoms with Crippen LogP contribution in [0.15, 0.2) is 10.2 Å². The number of azo groups is 1. The van der Waals surface area contributed by atoms with E-state index in [0.29, 0.717) is 23.9 Å². The fourth-order valence-corrected chi connectivity index (χ4v) is 1.54. The Morgan fingerprint density at radius 2 is 1.00 bits per heavy atom. The molecule has 0 N–H and O–H groups in total. The molecule has 0 spiro atoms. The maximum absolute atomic E-state index is 4.46. The molecule has 0 radical (unpaired) electrons. The second-order valence-electron chi connectivity index (χ2n) is 4.67. The van der Waals surface area contributed by atoms with E-state index in [4.69, 9.17) is 0 Å². The lowest BCUT2D eigenvalue weighted by atomic mass is 10.0. The zero-order valence-electron chi connectivity index (χ0n) is 10.6. The maximum atomic E-state index is 4.46. The van der Waals surface area contributed by atoms with Crippen LogP contribution in [0.3, 0.4) is 0 Å². The van der Waals surface area contributed by atoms with Gasteiger partial charge < -0.3 is 0 Å². The molecule has 2 unspecified atom stereocenters. The molecule has 2 atom stereocenters. The van der Waals surface area contributed by atoms with Crippen molar-refractivity contribution in [3.8, 4) is 0 Å². The zero-order chi connectivity index (χ0) is 11.1. The molecule has 0 aromatic heterocycles. The number of nitrogens with zero attached hydrogens (tertiary/aromatic N) is 2. The third-order valence-electron chi connectivity index (χ3n) is 2.74. The third-order valence-corrected chi connectivity index (χ3v) is 2.74. The minimum absolute atomic E-state index is 0.405. The lowest BCUT2D eigenvalue weighted by Gasteiger charge is -2.16. The predicted octanol–water partition coefficient (Wildman–Crippen LogP) is 4.31. The molecule has 2 heteroatoms. The molecule has 0 aliphatic rings. The average molecular weight is 198 g/mol. The van der Waals surface area contributed by atoms with Crippen molar-refractivity contribution in [2.24, 2.45) is 22.1 Å². The number of hydrogen-bond donors (Lipinski definition) is 0.